The fraction of sp³-hybridized carbons (Fsp3) is 0.545. The highest BCUT2D eigenvalue weighted by Gasteiger charge is 2.14. The van der Waals surface area contributed by atoms with E-state index >= 15 is 0 Å². The third-order valence-corrected chi connectivity index (χ3v) is 2.78. The first-order chi connectivity index (χ1) is 6.90. The molecule has 0 saturated carbocycles. The first-order valence-electron chi connectivity index (χ1n) is 5.08. The van der Waals surface area contributed by atoms with Crippen molar-refractivity contribution in [2.45, 2.75) is 19.4 Å². The lowest BCUT2D eigenvalue weighted by Gasteiger charge is -2.22. The van der Waals surface area contributed by atoms with Gasteiger partial charge in [-0.2, -0.15) is 0 Å². The summed E-state index contributed by atoms with van der Waals surface area (Å²) < 4.78 is 7.33. The second kappa shape index (κ2) is 4.42. The topological polar surface area (TPSA) is 31.2 Å². The Morgan fingerprint density at radius 1 is 1.50 bits per heavy atom. The summed E-state index contributed by atoms with van der Waals surface area (Å²) in [6.07, 6.45) is 5.10. The first kappa shape index (κ1) is 9.46. The number of carbonyl (C=O) groups is 1. The number of nitrogens with zero attached hydrogens (tertiary/aromatic N) is 1. The lowest BCUT2D eigenvalue weighted by Crippen LogP contribution is -2.20. The van der Waals surface area contributed by atoms with Gasteiger partial charge in [-0.1, -0.05) is 0 Å². The first-order valence-corrected chi connectivity index (χ1v) is 5.08. The molecule has 1 saturated heterocycles. The highest BCUT2D eigenvalue weighted by Crippen LogP contribution is 2.17. The molecule has 3 nitrogen and oxygen atoms in total. The summed E-state index contributed by atoms with van der Waals surface area (Å²) in [5, 5.41) is 0. The van der Waals surface area contributed by atoms with Crippen LogP contribution in [0.4, 0.5) is 0 Å². The highest BCUT2D eigenvalue weighted by atomic mass is 16.5. The van der Waals surface area contributed by atoms with Gasteiger partial charge in [0, 0.05) is 26.0 Å². The number of aromatic nitrogens is 1. The maximum Gasteiger partial charge on any atom is 0.166 e. The number of hydrogen-bond donors (Lipinski definition) is 0. The van der Waals surface area contributed by atoms with E-state index in [0.29, 0.717) is 5.92 Å². The van der Waals surface area contributed by atoms with E-state index in [4.69, 9.17) is 4.74 Å². The molecule has 0 unspecified atom stereocenters. The number of rotatable bonds is 3. The van der Waals surface area contributed by atoms with Gasteiger partial charge < -0.3 is 9.30 Å². The molecular formula is C11H15NO2. The Balaban J connectivity index is 1.98. The Kier molecular flexibility index (Phi) is 2.99. The van der Waals surface area contributed by atoms with Gasteiger partial charge in [-0.15, -0.1) is 0 Å². The van der Waals surface area contributed by atoms with Crippen molar-refractivity contribution in [2.24, 2.45) is 5.92 Å². The van der Waals surface area contributed by atoms with E-state index in [1.54, 1.807) is 0 Å². The van der Waals surface area contributed by atoms with Crippen LogP contribution in [0.2, 0.25) is 0 Å². The summed E-state index contributed by atoms with van der Waals surface area (Å²) in [4.78, 5) is 10.7. The van der Waals surface area contributed by atoms with Gasteiger partial charge in [0.1, 0.15) is 0 Å². The summed E-state index contributed by atoms with van der Waals surface area (Å²) in [5.74, 6) is 0.662. The van der Waals surface area contributed by atoms with Gasteiger partial charge in [0.2, 0.25) is 0 Å². The molecule has 0 aliphatic carbocycles. The van der Waals surface area contributed by atoms with E-state index in [1.165, 1.54) is 0 Å². The molecule has 76 valence electrons. The molecule has 1 fully saturated rings. The Morgan fingerprint density at radius 2 is 2.29 bits per heavy atom. The van der Waals surface area contributed by atoms with Gasteiger partial charge in [-0.3, -0.25) is 4.79 Å². The number of carbonyl (C=O) groups excluding carboxylic acids is 1. The van der Waals surface area contributed by atoms with Gasteiger partial charge in [0.05, 0.1) is 5.69 Å². The average molecular weight is 193 g/mol. The summed E-state index contributed by atoms with van der Waals surface area (Å²) >= 11 is 0. The van der Waals surface area contributed by atoms with E-state index in [-0.39, 0.29) is 0 Å². The molecule has 0 N–H and O–H groups in total. The van der Waals surface area contributed by atoms with E-state index in [1.807, 2.05) is 22.9 Å². The quantitative estimate of drug-likeness (QED) is 0.684. The zero-order valence-corrected chi connectivity index (χ0v) is 8.19. The third kappa shape index (κ3) is 2.04. The molecule has 0 bridgehead atoms. The fourth-order valence-electron chi connectivity index (χ4n) is 1.91. The Morgan fingerprint density at radius 3 is 3.00 bits per heavy atom. The Labute approximate surface area is 83.7 Å². The monoisotopic (exact) mass is 193 g/mol. The molecule has 2 rings (SSSR count). The minimum Gasteiger partial charge on any atom is -0.381 e. The fourth-order valence-corrected chi connectivity index (χ4v) is 1.91. The lowest BCUT2D eigenvalue weighted by molar-refractivity contribution is 0.0611. The van der Waals surface area contributed by atoms with Gasteiger partial charge in [0.25, 0.3) is 0 Å². The molecule has 0 amide bonds. The van der Waals surface area contributed by atoms with Gasteiger partial charge in [-0.25, -0.2) is 0 Å². The second-order valence-electron chi connectivity index (χ2n) is 3.76. The van der Waals surface area contributed by atoms with E-state index in [9.17, 15) is 4.79 Å². The van der Waals surface area contributed by atoms with Crippen molar-refractivity contribution in [2.75, 3.05) is 13.2 Å². The van der Waals surface area contributed by atoms with Crippen molar-refractivity contribution in [1.82, 2.24) is 4.57 Å². The van der Waals surface area contributed by atoms with Crippen LogP contribution in [0.3, 0.4) is 0 Å². The molecule has 1 aromatic heterocycles. The number of ether oxygens (including phenoxy) is 1. The van der Waals surface area contributed by atoms with Crippen LogP contribution in [0.5, 0.6) is 0 Å². The highest BCUT2D eigenvalue weighted by molar-refractivity contribution is 5.72. The number of hydrogen-bond acceptors (Lipinski definition) is 2. The normalized spacial score (nSPS) is 18.3. The van der Waals surface area contributed by atoms with Crippen molar-refractivity contribution in [1.29, 1.82) is 0 Å². The largest absolute Gasteiger partial charge is 0.381 e. The lowest BCUT2D eigenvalue weighted by atomic mass is 10.0. The Bertz CT molecular complexity index is 300. The van der Waals surface area contributed by atoms with E-state index in [0.717, 1.165) is 44.6 Å². The maximum atomic E-state index is 10.7. The van der Waals surface area contributed by atoms with E-state index < -0.39 is 0 Å². The third-order valence-electron chi connectivity index (χ3n) is 2.78. The second-order valence-corrected chi connectivity index (χ2v) is 3.76. The maximum absolute atomic E-state index is 10.7. The summed E-state index contributed by atoms with van der Waals surface area (Å²) in [7, 11) is 0. The molecule has 3 heteroatoms. The SMILES string of the molecule is O=Cc1cccn1CC1CCOCC1. The molecular weight excluding hydrogens is 178 g/mol. The van der Waals surface area contributed by atoms with Crippen LogP contribution in [0.15, 0.2) is 18.3 Å². The van der Waals surface area contributed by atoms with Crippen LogP contribution >= 0.6 is 0 Å². The van der Waals surface area contributed by atoms with Crippen molar-refractivity contribution in [3.05, 3.63) is 24.0 Å². The van der Waals surface area contributed by atoms with Gasteiger partial charge in [-0.05, 0) is 30.9 Å². The van der Waals surface area contributed by atoms with Crippen LogP contribution in [-0.4, -0.2) is 24.1 Å². The zero-order chi connectivity index (χ0) is 9.80. The van der Waals surface area contributed by atoms with Crippen molar-refractivity contribution >= 4 is 6.29 Å². The molecule has 1 aromatic rings. The minimum atomic E-state index is 0.662. The van der Waals surface area contributed by atoms with Crippen LogP contribution in [-0.2, 0) is 11.3 Å². The van der Waals surface area contributed by atoms with Gasteiger partial charge >= 0.3 is 0 Å². The summed E-state index contributed by atoms with van der Waals surface area (Å²) in [5.41, 5.74) is 0.775. The van der Waals surface area contributed by atoms with Gasteiger partial charge in [0.15, 0.2) is 6.29 Å². The standard InChI is InChI=1S/C11H15NO2/c13-9-11-2-1-5-12(11)8-10-3-6-14-7-4-10/h1-2,5,9-10H,3-4,6-8H2. The molecule has 0 atom stereocenters. The average Bonchev–Trinajstić information content (AvgIpc) is 2.67. The molecule has 1 aliphatic rings. The van der Waals surface area contributed by atoms with Crippen LogP contribution in [0.1, 0.15) is 23.3 Å². The predicted octanol–water partition coefficient (Wildman–Crippen LogP) is 1.73. The number of aldehydes is 1. The molecule has 1 aliphatic heterocycles. The molecule has 2 heterocycles. The van der Waals surface area contributed by atoms with E-state index in [2.05, 4.69) is 0 Å². The smallest absolute Gasteiger partial charge is 0.166 e. The molecule has 0 radical (unpaired) electrons. The summed E-state index contributed by atoms with van der Waals surface area (Å²) in [6.45, 7) is 2.68. The van der Waals surface area contributed by atoms with Crippen LogP contribution in [0.25, 0.3) is 0 Å². The van der Waals surface area contributed by atoms with Crippen molar-refractivity contribution in [3.8, 4) is 0 Å². The molecule has 14 heavy (non-hydrogen) atoms. The Hall–Kier alpha value is -1.09. The van der Waals surface area contributed by atoms with Crippen LogP contribution < -0.4 is 0 Å². The van der Waals surface area contributed by atoms with Crippen molar-refractivity contribution < 1.29 is 9.53 Å². The summed E-state index contributed by atoms with van der Waals surface area (Å²) in [6, 6.07) is 3.77. The van der Waals surface area contributed by atoms with Crippen LogP contribution in [0, 0.1) is 5.92 Å². The zero-order valence-electron chi connectivity index (χ0n) is 8.19. The minimum absolute atomic E-state index is 0.662. The molecule has 0 aromatic carbocycles. The predicted molar refractivity (Wildman–Crippen MR) is 53.4 cm³/mol. The molecule has 0 spiro atoms. The van der Waals surface area contributed by atoms with Crippen molar-refractivity contribution in [3.63, 3.8) is 0 Å².